The summed E-state index contributed by atoms with van der Waals surface area (Å²) in [4.78, 5) is 14.7. The third kappa shape index (κ3) is 1.80. The second-order valence-electron chi connectivity index (χ2n) is 5.89. The van der Waals surface area contributed by atoms with Crippen LogP contribution in [0.4, 0.5) is 0 Å². The van der Waals surface area contributed by atoms with Crippen molar-refractivity contribution in [2.75, 3.05) is 6.54 Å². The molecule has 3 rings (SSSR count). The predicted octanol–water partition coefficient (Wildman–Crippen LogP) is 2.65. The van der Waals surface area contributed by atoms with Crippen LogP contribution in [0, 0.1) is 5.92 Å². The van der Waals surface area contributed by atoms with Crippen molar-refractivity contribution >= 4 is 0 Å². The average molecular weight is 270 g/mol. The maximum Gasteiger partial charge on any atom is 0.248 e. The van der Waals surface area contributed by atoms with Gasteiger partial charge in [0.2, 0.25) is 5.56 Å². The van der Waals surface area contributed by atoms with Crippen LogP contribution in [0.15, 0.2) is 40.2 Å². The number of rotatable bonds is 2. The lowest BCUT2D eigenvalue weighted by Crippen LogP contribution is -2.51. The minimum Gasteiger partial charge on any atom is -0.326 e. The quantitative estimate of drug-likeness (QED) is 0.812. The Kier molecular flexibility index (Phi) is 3.17. The molecular weight excluding hydrogens is 248 g/mol. The number of aromatic nitrogens is 1. The van der Waals surface area contributed by atoms with Gasteiger partial charge in [-0.05, 0) is 50.4 Å². The summed E-state index contributed by atoms with van der Waals surface area (Å²) < 4.78 is 0. The highest BCUT2D eigenvalue weighted by Gasteiger charge is 2.45. The smallest absolute Gasteiger partial charge is 0.248 e. The van der Waals surface area contributed by atoms with Gasteiger partial charge in [0.1, 0.15) is 0 Å². The molecule has 0 aromatic carbocycles. The molecule has 3 heteroatoms. The SMILES string of the molecule is C/C=C1\C2C=C(C)C[C@@]1(NCC)c1ccc(=O)[nH]c1C2. The molecule has 1 aromatic heterocycles. The topological polar surface area (TPSA) is 44.9 Å². The summed E-state index contributed by atoms with van der Waals surface area (Å²) in [5.74, 6) is 0.401. The molecule has 1 heterocycles. The molecule has 1 unspecified atom stereocenters. The van der Waals surface area contributed by atoms with E-state index in [2.05, 4.69) is 43.2 Å². The van der Waals surface area contributed by atoms with Gasteiger partial charge >= 0.3 is 0 Å². The lowest BCUT2D eigenvalue weighted by Gasteiger charge is -2.48. The van der Waals surface area contributed by atoms with Crippen molar-refractivity contribution in [2.24, 2.45) is 5.92 Å². The van der Waals surface area contributed by atoms with Gasteiger partial charge in [-0.15, -0.1) is 0 Å². The van der Waals surface area contributed by atoms with Gasteiger partial charge < -0.3 is 10.3 Å². The van der Waals surface area contributed by atoms with Gasteiger partial charge in [0, 0.05) is 17.7 Å². The molecule has 1 aromatic rings. The van der Waals surface area contributed by atoms with Gasteiger partial charge in [-0.25, -0.2) is 0 Å². The highest BCUT2D eigenvalue weighted by molar-refractivity contribution is 5.49. The van der Waals surface area contributed by atoms with E-state index < -0.39 is 0 Å². The maximum atomic E-state index is 11.6. The molecule has 3 nitrogen and oxygen atoms in total. The summed E-state index contributed by atoms with van der Waals surface area (Å²) in [6, 6.07) is 3.66. The third-order valence-corrected chi connectivity index (χ3v) is 4.60. The van der Waals surface area contributed by atoms with Gasteiger partial charge in [-0.2, -0.15) is 0 Å². The fraction of sp³-hybridized carbons (Fsp3) is 0.471. The van der Waals surface area contributed by atoms with E-state index >= 15 is 0 Å². The number of pyridine rings is 1. The van der Waals surface area contributed by atoms with E-state index in [0.29, 0.717) is 5.92 Å². The third-order valence-electron chi connectivity index (χ3n) is 4.60. The molecule has 0 saturated heterocycles. The number of nitrogens with one attached hydrogen (secondary N) is 2. The Bertz CT molecular complexity index is 653. The van der Waals surface area contributed by atoms with E-state index in [9.17, 15) is 4.79 Å². The predicted molar refractivity (Wildman–Crippen MR) is 81.7 cm³/mol. The molecule has 0 amide bonds. The molecule has 20 heavy (non-hydrogen) atoms. The molecule has 0 saturated carbocycles. The molecule has 2 aliphatic rings. The summed E-state index contributed by atoms with van der Waals surface area (Å²) in [5, 5.41) is 3.71. The summed E-state index contributed by atoms with van der Waals surface area (Å²) >= 11 is 0. The standard InChI is InChI=1S/C17H22N2O/c1-4-13-12-8-11(3)10-17(13,18-5-2)14-6-7-16(20)19-15(14)9-12/h4,6-8,12,18H,5,9-10H2,1-3H3,(H,19,20)/b13-4+/t12?,17-/m0/s1. The molecule has 0 fully saturated rings. The highest BCUT2D eigenvalue weighted by Crippen LogP contribution is 2.49. The Labute approximate surface area is 119 Å². The van der Waals surface area contributed by atoms with Crippen molar-refractivity contribution in [1.82, 2.24) is 10.3 Å². The van der Waals surface area contributed by atoms with Crippen molar-refractivity contribution in [3.8, 4) is 0 Å². The van der Waals surface area contributed by atoms with Gasteiger partial charge in [-0.3, -0.25) is 4.79 Å². The van der Waals surface area contributed by atoms with E-state index in [1.165, 1.54) is 16.7 Å². The molecule has 106 valence electrons. The second-order valence-corrected chi connectivity index (χ2v) is 5.89. The summed E-state index contributed by atoms with van der Waals surface area (Å²) in [5.41, 5.74) is 5.08. The van der Waals surface area contributed by atoms with Crippen molar-refractivity contribution in [2.45, 2.75) is 39.2 Å². The van der Waals surface area contributed by atoms with Gasteiger partial charge in [0.25, 0.3) is 0 Å². The van der Waals surface area contributed by atoms with Crippen LogP contribution < -0.4 is 10.9 Å². The molecule has 2 aliphatic carbocycles. The van der Waals surface area contributed by atoms with E-state index in [1.807, 2.05) is 6.07 Å². The highest BCUT2D eigenvalue weighted by atomic mass is 16.1. The van der Waals surface area contributed by atoms with Crippen molar-refractivity contribution in [3.05, 3.63) is 57.0 Å². The number of fused-ring (bicyclic) bond motifs is 4. The van der Waals surface area contributed by atoms with Crippen LogP contribution in [0.5, 0.6) is 0 Å². The fourth-order valence-electron chi connectivity index (χ4n) is 4.07. The lowest BCUT2D eigenvalue weighted by molar-refractivity contribution is 0.330. The Morgan fingerprint density at radius 2 is 2.30 bits per heavy atom. The minimum atomic E-state index is -0.134. The van der Waals surface area contributed by atoms with E-state index in [4.69, 9.17) is 0 Å². The van der Waals surface area contributed by atoms with Crippen LogP contribution in [-0.4, -0.2) is 11.5 Å². The zero-order chi connectivity index (χ0) is 14.3. The van der Waals surface area contributed by atoms with Crippen LogP contribution in [0.2, 0.25) is 0 Å². The van der Waals surface area contributed by atoms with Crippen molar-refractivity contribution in [3.63, 3.8) is 0 Å². The van der Waals surface area contributed by atoms with Crippen LogP contribution >= 0.6 is 0 Å². The number of hydrogen-bond acceptors (Lipinski definition) is 2. The van der Waals surface area contributed by atoms with E-state index in [1.54, 1.807) is 6.07 Å². The average Bonchev–Trinajstić information content (AvgIpc) is 2.37. The van der Waals surface area contributed by atoms with Crippen LogP contribution in [0.1, 0.15) is 38.4 Å². The molecule has 0 radical (unpaired) electrons. The number of aromatic amines is 1. The van der Waals surface area contributed by atoms with Crippen molar-refractivity contribution in [1.29, 1.82) is 0 Å². The summed E-state index contributed by atoms with van der Waals surface area (Å²) in [7, 11) is 0. The summed E-state index contributed by atoms with van der Waals surface area (Å²) in [6.45, 7) is 7.39. The zero-order valence-electron chi connectivity index (χ0n) is 12.4. The van der Waals surface area contributed by atoms with Crippen LogP contribution in [0.3, 0.4) is 0 Å². The fourth-order valence-corrected chi connectivity index (χ4v) is 4.07. The largest absolute Gasteiger partial charge is 0.326 e. The second kappa shape index (κ2) is 4.74. The molecule has 2 bridgehead atoms. The first-order valence-electron chi connectivity index (χ1n) is 7.42. The molecular formula is C17H22N2O. The van der Waals surface area contributed by atoms with Gasteiger partial charge in [0.05, 0.1) is 5.54 Å². The number of H-pyrrole nitrogens is 1. The Hall–Kier alpha value is -1.61. The zero-order valence-corrected chi connectivity index (χ0v) is 12.4. The first kappa shape index (κ1) is 13.4. The lowest BCUT2D eigenvalue weighted by atomic mass is 9.63. The van der Waals surface area contributed by atoms with Crippen LogP contribution in [-0.2, 0) is 12.0 Å². The molecule has 2 N–H and O–H groups in total. The number of hydrogen-bond donors (Lipinski definition) is 2. The Balaban J connectivity index is 2.28. The Morgan fingerprint density at radius 3 is 3.00 bits per heavy atom. The molecule has 2 atom stereocenters. The Morgan fingerprint density at radius 1 is 1.50 bits per heavy atom. The van der Waals surface area contributed by atoms with Crippen LogP contribution in [0.25, 0.3) is 0 Å². The molecule has 0 aliphatic heterocycles. The number of allylic oxidation sites excluding steroid dienone is 2. The van der Waals surface area contributed by atoms with Gasteiger partial charge in [0.15, 0.2) is 0 Å². The first-order valence-corrected chi connectivity index (χ1v) is 7.42. The maximum absolute atomic E-state index is 11.6. The minimum absolute atomic E-state index is 0.00176. The monoisotopic (exact) mass is 270 g/mol. The normalized spacial score (nSPS) is 30.1. The van der Waals surface area contributed by atoms with Gasteiger partial charge in [-0.1, -0.05) is 24.6 Å². The van der Waals surface area contributed by atoms with E-state index in [0.717, 1.165) is 25.1 Å². The number of likely N-dealkylation sites (N-methyl/N-ethyl adjacent to an activating group) is 1. The molecule has 0 spiro atoms. The first-order chi connectivity index (χ1) is 9.60. The van der Waals surface area contributed by atoms with E-state index in [-0.39, 0.29) is 11.1 Å². The summed E-state index contributed by atoms with van der Waals surface area (Å²) in [6.07, 6.45) is 6.50. The van der Waals surface area contributed by atoms with Crippen molar-refractivity contribution < 1.29 is 0 Å².